The standard InChI is InChI=1S/C12H15N3O/c1-15-9-12(7-13-15)8-14-16-10-11-5-3-2-4-6-11/h2-7,9,14H,8,10H2,1H3. The summed E-state index contributed by atoms with van der Waals surface area (Å²) in [4.78, 5) is 5.35. The van der Waals surface area contributed by atoms with Gasteiger partial charge in [0.1, 0.15) is 0 Å². The van der Waals surface area contributed by atoms with E-state index in [4.69, 9.17) is 4.84 Å². The number of hydroxylamine groups is 1. The third kappa shape index (κ3) is 3.18. The van der Waals surface area contributed by atoms with Gasteiger partial charge < -0.3 is 0 Å². The van der Waals surface area contributed by atoms with Crippen LogP contribution in [0.15, 0.2) is 42.7 Å². The fraction of sp³-hybridized carbons (Fsp3) is 0.250. The zero-order valence-corrected chi connectivity index (χ0v) is 9.26. The molecule has 0 saturated carbocycles. The second-order valence-electron chi connectivity index (χ2n) is 3.62. The number of nitrogens with zero attached hydrogens (tertiary/aromatic N) is 2. The van der Waals surface area contributed by atoms with Crippen LogP contribution >= 0.6 is 0 Å². The minimum atomic E-state index is 0.571. The van der Waals surface area contributed by atoms with Crippen LogP contribution in [-0.2, 0) is 25.0 Å². The van der Waals surface area contributed by atoms with Gasteiger partial charge >= 0.3 is 0 Å². The van der Waals surface area contributed by atoms with Crippen LogP contribution in [0.5, 0.6) is 0 Å². The Balaban J connectivity index is 1.69. The summed E-state index contributed by atoms with van der Waals surface area (Å²) in [7, 11) is 1.90. The average Bonchev–Trinajstić information content (AvgIpc) is 2.72. The largest absolute Gasteiger partial charge is 0.297 e. The molecular formula is C12H15N3O. The molecule has 1 N–H and O–H groups in total. The van der Waals surface area contributed by atoms with E-state index in [0.29, 0.717) is 13.2 Å². The molecule has 0 saturated heterocycles. The Morgan fingerprint density at radius 3 is 2.75 bits per heavy atom. The predicted octanol–water partition coefficient (Wildman–Crippen LogP) is 1.64. The summed E-state index contributed by atoms with van der Waals surface area (Å²) in [5, 5.41) is 4.07. The fourth-order valence-corrected chi connectivity index (χ4v) is 1.41. The van der Waals surface area contributed by atoms with Crippen molar-refractivity contribution in [2.24, 2.45) is 7.05 Å². The van der Waals surface area contributed by atoms with E-state index in [-0.39, 0.29) is 0 Å². The number of aryl methyl sites for hydroxylation is 1. The molecule has 0 bridgehead atoms. The number of nitrogens with one attached hydrogen (secondary N) is 1. The van der Waals surface area contributed by atoms with Gasteiger partial charge in [-0.1, -0.05) is 30.3 Å². The number of hydrogen-bond acceptors (Lipinski definition) is 3. The van der Waals surface area contributed by atoms with Crippen LogP contribution in [0.25, 0.3) is 0 Å². The highest BCUT2D eigenvalue weighted by Gasteiger charge is 1.95. The van der Waals surface area contributed by atoms with Crippen molar-refractivity contribution in [2.45, 2.75) is 13.2 Å². The number of aromatic nitrogens is 2. The fourth-order valence-electron chi connectivity index (χ4n) is 1.41. The van der Waals surface area contributed by atoms with Crippen LogP contribution in [0.3, 0.4) is 0 Å². The summed E-state index contributed by atoms with van der Waals surface area (Å²) in [6, 6.07) is 10.1. The maximum atomic E-state index is 5.35. The highest BCUT2D eigenvalue weighted by atomic mass is 16.6. The van der Waals surface area contributed by atoms with Crippen molar-refractivity contribution >= 4 is 0 Å². The summed E-state index contributed by atoms with van der Waals surface area (Å²) < 4.78 is 1.77. The Hall–Kier alpha value is -1.65. The van der Waals surface area contributed by atoms with E-state index in [2.05, 4.69) is 10.6 Å². The van der Waals surface area contributed by atoms with Gasteiger partial charge in [0, 0.05) is 25.4 Å². The maximum absolute atomic E-state index is 5.35. The molecule has 0 amide bonds. The molecule has 0 spiro atoms. The lowest BCUT2D eigenvalue weighted by Crippen LogP contribution is -2.13. The second kappa shape index (κ2) is 5.44. The molecule has 1 aromatic carbocycles. The van der Waals surface area contributed by atoms with Crippen LogP contribution in [0.1, 0.15) is 11.1 Å². The Morgan fingerprint density at radius 2 is 2.06 bits per heavy atom. The zero-order chi connectivity index (χ0) is 11.2. The molecule has 16 heavy (non-hydrogen) atoms. The summed E-state index contributed by atoms with van der Waals surface area (Å²) in [5.41, 5.74) is 5.17. The topological polar surface area (TPSA) is 39.1 Å². The van der Waals surface area contributed by atoms with E-state index >= 15 is 0 Å². The summed E-state index contributed by atoms with van der Waals surface area (Å²) in [5.74, 6) is 0. The highest BCUT2D eigenvalue weighted by molar-refractivity contribution is 5.13. The molecule has 0 atom stereocenters. The predicted molar refractivity (Wildman–Crippen MR) is 61.3 cm³/mol. The van der Waals surface area contributed by atoms with Gasteiger partial charge in [-0.3, -0.25) is 9.52 Å². The first-order valence-corrected chi connectivity index (χ1v) is 5.21. The Kier molecular flexibility index (Phi) is 3.69. The monoisotopic (exact) mass is 217 g/mol. The maximum Gasteiger partial charge on any atom is 0.0933 e. The lowest BCUT2D eigenvalue weighted by molar-refractivity contribution is 0.0235. The molecule has 4 heteroatoms. The van der Waals surface area contributed by atoms with Crippen molar-refractivity contribution in [3.8, 4) is 0 Å². The number of hydrogen-bond donors (Lipinski definition) is 1. The molecule has 0 aliphatic carbocycles. The van der Waals surface area contributed by atoms with Crippen LogP contribution in [-0.4, -0.2) is 9.78 Å². The smallest absolute Gasteiger partial charge is 0.0933 e. The SMILES string of the molecule is Cn1cc(CNOCc2ccccc2)cn1. The van der Waals surface area contributed by atoms with Crippen LogP contribution in [0.2, 0.25) is 0 Å². The van der Waals surface area contributed by atoms with Gasteiger partial charge in [0.2, 0.25) is 0 Å². The van der Waals surface area contributed by atoms with Crippen molar-refractivity contribution in [1.82, 2.24) is 15.3 Å². The summed E-state index contributed by atoms with van der Waals surface area (Å²) in [6.07, 6.45) is 3.78. The van der Waals surface area contributed by atoms with Gasteiger partial charge in [0.05, 0.1) is 12.8 Å². The first kappa shape index (κ1) is 10.9. The van der Waals surface area contributed by atoms with Gasteiger partial charge in [-0.2, -0.15) is 10.6 Å². The molecule has 2 aromatic rings. The van der Waals surface area contributed by atoms with Crippen molar-refractivity contribution in [2.75, 3.05) is 0 Å². The molecule has 84 valence electrons. The number of benzene rings is 1. The van der Waals surface area contributed by atoms with E-state index in [0.717, 1.165) is 11.1 Å². The van der Waals surface area contributed by atoms with E-state index < -0.39 is 0 Å². The molecule has 0 radical (unpaired) electrons. The lowest BCUT2D eigenvalue weighted by atomic mass is 10.2. The molecule has 1 aromatic heterocycles. The van der Waals surface area contributed by atoms with Crippen molar-refractivity contribution in [1.29, 1.82) is 0 Å². The van der Waals surface area contributed by atoms with Gasteiger partial charge in [-0.15, -0.1) is 0 Å². The minimum absolute atomic E-state index is 0.571. The van der Waals surface area contributed by atoms with Gasteiger partial charge in [0.25, 0.3) is 0 Å². The van der Waals surface area contributed by atoms with Crippen LogP contribution < -0.4 is 5.48 Å². The Labute approximate surface area is 94.8 Å². The number of rotatable bonds is 5. The first-order chi connectivity index (χ1) is 7.84. The Bertz CT molecular complexity index is 425. The minimum Gasteiger partial charge on any atom is -0.297 e. The van der Waals surface area contributed by atoms with Crippen molar-refractivity contribution in [3.05, 3.63) is 53.9 Å². The van der Waals surface area contributed by atoms with Crippen LogP contribution in [0.4, 0.5) is 0 Å². The molecular weight excluding hydrogens is 202 g/mol. The molecule has 2 rings (SSSR count). The van der Waals surface area contributed by atoms with E-state index in [9.17, 15) is 0 Å². The molecule has 0 unspecified atom stereocenters. The summed E-state index contributed by atoms with van der Waals surface area (Å²) >= 11 is 0. The second-order valence-corrected chi connectivity index (χ2v) is 3.62. The summed E-state index contributed by atoms with van der Waals surface area (Å²) in [6.45, 7) is 1.24. The quantitative estimate of drug-likeness (QED) is 0.611. The van der Waals surface area contributed by atoms with Crippen molar-refractivity contribution in [3.63, 3.8) is 0 Å². The normalized spacial score (nSPS) is 10.6. The highest BCUT2D eigenvalue weighted by Crippen LogP contribution is 2.00. The van der Waals surface area contributed by atoms with Gasteiger partial charge in [-0.05, 0) is 5.56 Å². The van der Waals surface area contributed by atoms with Crippen molar-refractivity contribution < 1.29 is 4.84 Å². The van der Waals surface area contributed by atoms with Gasteiger partial charge in [-0.25, -0.2) is 0 Å². The lowest BCUT2D eigenvalue weighted by Gasteiger charge is -2.04. The molecule has 4 nitrogen and oxygen atoms in total. The Morgan fingerprint density at radius 1 is 1.25 bits per heavy atom. The third-order valence-corrected chi connectivity index (χ3v) is 2.22. The molecule has 0 fully saturated rings. The van der Waals surface area contributed by atoms with E-state index in [1.807, 2.05) is 49.8 Å². The first-order valence-electron chi connectivity index (χ1n) is 5.21. The van der Waals surface area contributed by atoms with Gasteiger partial charge in [0.15, 0.2) is 0 Å². The zero-order valence-electron chi connectivity index (χ0n) is 9.26. The average molecular weight is 217 g/mol. The van der Waals surface area contributed by atoms with Crippen LogP contribution in [0, 0.1) is 0 Å². The molecule has 1 heterocycles. The van der Waals surface area contributed by atoms with E-state index in [1.165, 1.54) is 0 Å². The molecule has 0 aliphatic heterocycles. The third-order valence-electron chi connectivity index (χ3n) is 2.22. The van der Waals surface area contributed by atoms with E-state index in [1.54, 1.807) is 4.68 Å². The molecule has 0 aliphatic rings.